The van der Waals surface area contributed by atoms with Gasteiger partial charge in [0, 0.05) is 10.4 Å². The molecule has 18 heavy (non-hydrogen) atoms. The predicted octanol–water partition coefficient (Wildman–Crippen LogP) is 6.06. The summed E-state index contributed by atoms with van der Waals surface area (Å²) in [6, 6.07) is 13.0. The molecule has 0 saturated carbocycles. The van der Waals surface area contributed by atoms with Crippen LogP contribution in [0.15, 0.2) is 46.9 Å². The highest BCUT2D eigenvalue weighted by molar-refractivity contribution is 6.41. The van der Waals surface area contributed by atoms with Crippen LogP contribution in [-0.2, 0) is 0 Å². The first kappa shape index (κ1) is 11.9. The molecule has 0 aliphatic heterocycles. The molecule has 4 heteroatoms. The Kier molecular flexibility index (Phi) is 2.98. The Labute approximate surface area is 119 Å². The molecular formula is C14H7Cl3O. The molecule has 0 radical (unpaired) electrons. The van der Waals surface area contributed by atoms with Gasteiger partial charge in [0.1, 0.15) is 11.3 Å². The number of rotatable bonds is 1. The summed E-state index contributed by atoms with van der Waals surface area (Å²) in [7, 11) is 0. The van der Waals surface area contributed by atoms with E-state index in [4.69, 9.17) is 39.2 Å². The zero-order valence-electron chi connectivity index (χ0n) is 9.08. The van der Waals surface area contributed by atoms with Crippen LogP contribution in [0.1, 0.15) is 0 Å². The molecule has 0 aliphatic carbocycles. The number of para-hydroxylation sites is 1. The summed E-state index contributed by atoms with van der Waals surface area (Å²) in [5.74, 6) is 0.642. The molecule has 0 atom stereocenters. The minimum Gasteiger partial charge on any atom is -0.456 e. The standard InChI is InChI=1S/C14H7Cl3O/c15-9-6-10(16)14(11(17)7-9)13-5-8-3-1-2-4-12(8)18-13/h1-7H. The van der Waals surface area contributed by atoms with Crippen molar-refractivity contribution in [2.75, 3.05) is 0 Å². The molecule has 0 saturated heterocycles. The Morgan fingerprint density at radius 2 is 1.50 bits per heavy atom. The van der Waals surface area contributed by atoms with Gasteiger partial charge in [0.2, 0.25) is 0 Å². The fourth-order valence-electron chi connectivity index (χ4n) is 1.88. The van der Waals surface area contributed by atoms with Crippen molar-refractivity contribution in [3.05, 3.63) is 57.5 Å². The average molecular weight is 298 g/mol. The zero-order valence-corrected chi connectivity index (χ0v) is 11.4. The molecule has 3 aromatic rings. The van der Waals surface area contributed by atoms with Crippen molar-refractivity contribution in [1.82, 2.24) is 0 Å². The molecule has 1 aromatic heterocycles. The summed E-state index contributed by atoms with van der Waals surface area (Å²) >= 11 is 18.2. The van der Waals surface area contributed by atoms with Gasteiger partial charge in [-0.25, -0.2) is 0 Å². The lowest BCUT2D eigenvalue weighted by Crippen LogP contribution is -1.79. The quantitative estimate of drug-likeness (QED) is 0.532. The highest BCUT2D eigenvalue weighted by atomic mass is 35.5. The van der Waals surface area contributed by atoms with E-state index < -0.39 is 0 Å². The minimum atomic E-state index is 0.478. The highest BCUT2D eigenvalue weighted by Crippen LogP contribution is 2.39. The van der Waals surface area contributed by atoms with Crippen LogP contribution in [-0.4, -0.2) is 0 Å². The van der Waals surface area contributed by atoms with Crippen molar-refractivity contribution in [2.45, 2.75) is 0 Å². The van der Waals surface area contributed by atoms with Crippen LogP contribution in [0.4, 0.5) is 0 Å². The van der Waals surface area contributed by atoms with Crippen LogP contribution in [0, 0.1) is 0 Å². The van der Waals surface area contributed by atoms with Gasteiger partial charge in [-0.2, -0.15) is 0 Å². The van der Waals surface area contributed by atoms with Gasteiger partial charge in [-0.3, -0.25) is 0 Å². The summed E-state index contributed by atoms with van der Waals surface area (Å²) in [5.41, 5.74) is 1.47. The first-order valence-corrected chi connectivity index (χ1v) is 6.42. The summed E-state index contributed by atoms with van der Waals surface area (Å²) in [6.45, 7) is 0. The Hall–Kier alpha value is -1.15. The summed E-state index contributed by atoms with van der Waals surface area (Å²) < 4.78 is 5.74. The van der Waals surface area contributed by atoms with Crippen molar-refractivity contribution >= 4 is 45.8 Å². The Balaban J connectivity index is 2.26. The zero-order chi connectivity index (χ0) is 12.7. The fraction of sp³-hybridized carbons (Fsp3) is 0. The molecule has 0 amide bonds. The topological polar surface area (TPSA) is 13.1 Å². The van der Waals surface area contributed by atoms with Gasteiger partial charge in [0.05, 0.1) is 15.6 Å². The van der Waals surface area contributed by atoms with E-state index in [9.17, 15) is 0 Å². The third kappa shape index (κ3) is 1.99. The summed E-state index contributed by atoms with van der Waals surface area (Å²) in [4.78, 5) is 0. The maximum Gasteiger partial charge on any atom is 0.138 e. The second-order valence-electron chi connectivity index (χ2n) is 3.89. The first-order chi connectivity index (χ1) is 8.65. The van der Waals surface area contributed by atoms with E-state index in [-0.39, 0.29) is 0 Å². The van der Waals surface area contributed by atoms with E-state index in [1.165, 1.54) is 0 Å². The molecule has 3 rings (SSSR count). The van der Waals surface area contributed by atoms with Crippen molar-refractivity contribution in [3.8, 4) is 11.3 Å². The van der Waals surface area contributed by atoms with Crippen LogP contribution >= 0.6 is 34.8 Å². The molecule has 1 heterocycles. The first-order valence-electron chi connectivity index (χ1n) is 5.28. The third-order valence-electron chi connectivity index (χ3n) is 2.68. The molecule has 0 bridgehead atoms. The van der Waals surface area contributed by atoms with E-state index >= 15 is 0 Å². The van der Waals surface area contributed by atoms with E-state index in [0.717, 1.165) is 11.0 Å². The van der Waals surface area contributed by atoms with Gasteiger partial charge < -0.3 is 4.42 Å². The van der Waals surface area contributed by atoms with Crippen LogP contribution < -0.4 is 0 Å². The van der Waals surface area contributed by atoms with Crippen molar-refractivity contribution in [2.24, 2.45) is 0 Å². The normalized spacial score (nSPS) is 11.1. The number of fused-ring (bicyclic) bond motifs is 1. The molecular weight excluding hydrogens is 291 g/mol. The number of halogens is 3. The van der Waals surface area contributed by atoms with Crippen LogP contribution in [0.5, 0.6) is 0 Å². The molecule has 0 spiro atoms. The van der Waals surface area contributed by atoms with E-state index in [1.54, 1.807) is 12.1 Å². The second kappa shape index (κ2) is 4.51. The molecule has 0 N–H and O–H groups in total. The van der Waals surface area contributed by atoms with Crippen LogP contribution in [0.3, 0.4) is 0 Å². The molecule has 1 nitrogen and oxygen atoms in total. The lowest BCUT2D eigenvalue weighted by atomic mass is 10.1. The molecule has 0 fully saturated rings. The van der Waals surface area contributed by atoms with Gasteiger partial charge >= 0.3 is 0 Å². The van der Waals surface area contributed by atoms with Crippen molar-refractivity contribution < 1.29 is 4.42 Å². The molecule has 0 aliphatic rings. The molecule has 2 aromatic carbocycles. The van der Waals surface area contributed by atoms with E-state index in [1.807, 2.05) is 30.3 Å². The lowest BCUT2D eigenvalue weighted by molar-refractivity contribution is 0.631. The van der Waals surface area contributed by atoms with Gasteiger partial charge in [0.25, 0.3) is 0 Å². The van der Waals surface area contributed by atoms with Gasteiger partial charge in [0.15, 0.2) is 0 Å². The number of hydrogen-bond donors (Lipinski definition) is 0. The third-order valence-corrected chi connectivity index (χ3v) is 3.49. The number of hydrogen-bond acceptors (Lipinski definition) is 1. The van der Waals surface area contributed by atoms with Crippen LogP contribution in [0.2, 0.25) is 15.1 Å². The van der Waals surface area contributed by atoms with Crippen molar-refractivity contribution in [3.63, 3.8) is 0 Å². The van der Waals surface area contributed by atoms with Crippen LogP contribution in [0.25, 0.3) is 22.3 Å². The summed E-state index contributed by atoms with van der Waals surface area (Å²) in [6.07, 6.45) is 0. The maximum absolute atomic E-state index is 6.17. The average Bonchev–Trinajstić information content (AvgIpc) is 2.70. The molecule has 90 valence electrons. The Morgan fingerprint density at radius 3 is 2.17 bits per heavy atom. The van der Waals surface area contributed by atoms with E-state index in [2.05, 4.69) is 0 Å². The minimum absolute atomic E-state index is 0.478. The van der Waals surface area contributed by atoms with E-state index in [0.29, 0.717) is 26.4 Å². The van der Waals surface area contributed by atoms with Gasteiger partial charge in [-0.1, -0.05) is 53.0 Å². The highest BCUT2D eigenvalue weighted by Gasteiger charge is 2.14. The van der Waals surface area contributed by atoms with Gasteiger partial charge in [-0.05, 0) is 24.3 Å². The number of benzene rings is 2. The monoisotopic (exact) mass is 296 g/mol. The fourth-order valence-corrected chi connectivity index (χ4v) is 2.89. The second-order valence-corrected chi connectivity index (χ2v) is 5.14. The number of furan rings is 1. The Morgan fingerprint density at radius 1 is 0.833 bits per heavy atom. The predicted molar refractivity (Wildman–Crippen MR) is 76.7 cm³/mol. The Bertz CT molecular complexity index is 675. The lowest BCUT2D eigenvalue weighted by Gasteiger charge is -2.04. The smallest absolute Gasteiger partial charge is 0.138 e. The van der Waals surface area contributed by atoms with Crippen molar-refractivity contribution in [1.29, 1.82) is 0 Å². The largest absolute Gasteiger partial charge is 0.456 e. The molecule has 0 unspecified atom stereocenters. The van der Waals surface area contributed by atoms with Gasteiger partial charge in [-0.15, -0.1) is 0 Å². The maximum atomic E-state index is 6.17. The summed E-state index contributed by atoms with van der Waals surface area (Å²) in [5, 5.41) is 2.47. The SMILES string of the molecule is Clc1cc(Cl)c(-c2cc3ccccc3o2)c(Cl)c1.